The molecule has 1 aromatic carbocycles. The van der Waals surface area contributed by atoms with Crippen LogP contribution in [0.15, 0.2) is 24.3 Å². The number of hydrogen-bond donors (Lipinski definition) is 1. The van der Waals surface area contributed by atoms with Crippen molar-refractivity contribution in [2.24, 2.45) is 11.8 Å². The van der Waals surface area contributed by atoms with Gasteiger partial charge < -0.3 is 10.1 Å². The molecule has 0 radical (unpaired) electrons. The maximum Gasteiger partial charge on any atom is 0.122 e. The molecule has 2 aliphatic carbocycles. The number of ether oxygens (including phenoxy) is 1. The zero-order valence-electron chi connectivity index (χ0n) is 12.1. The molecule has 0 amide bonds. The van der Waals surface area contributed by atoms with Crippen molar-refractivity contribution in [3.63, 3.8) is 0 Å². The van der Waals surface area contributed by atoms with Crippen molar-refractivity contribution in [1.29, 1.82) is 0 Å². The highest BCUT2D eigenvalue weighted by Crippen LogP contribution is 2.44. The van der Waals surface area contributed by atoms with Gasteiger partial charge in [0.25, 0.3) is 0 Å². The fourth-order valence-corrected chi connectivity index (χ4v) is 3.16. The fourth-order valence-electron chi connectivity index (χ4n) is 3.16. The fraction of sp³-hybridized carbons (Fsp3) is 0.647. The minimum absolute atomic E-state index is 0.530. The lowest BCUT2D eigenvalue weighted by molar-refractivity contribution is 0.365. The Hall–Kier alpha value is -1.02. The molecule has 2 saturated carbocycles. The Morgan fingerprint density at radius 2 is 1.79 bits per heavy atom. The molecule has 0 bridgehead atoms. The molecule has 1 atom stereocenters. The van der Waals surface area contributed by atoms with Gasteiger partial charge in [-0.2, -0.15) is 0 Å². The summed E-state index contributed by atoms with van der Waals surface area (Å²) in [7, 11) is 1.76. The van der Waals surface area contributed by atoms with Crippen molar-refractivity contribution < 1.29 is 4.74 Å². The molecule has 0 saturated heterocycles. The van der Waals surface area contributed by atoms with Crippen molar-refractivity contribution in [2.75, 3.05) is 7.11 Å². The van der Waals surface area contributed by atoms with Gasteiger partial charge in [0, 0.05) is 12.1 Å². The first-order chi connectivity index (χ1) is 9.28. The highest BCUT2D eigenvalue weighted by molar-refractivity contribution is 5.33. The largest absolute Gasteiger partial charge is 0.496 e. The van der Waals surface area contributed by atoms with Crippen molar-refractivity contribution in [3.05, 3.63) is 29.8 Å². The molecule has 1 aromatic rings. The van der Waals surface area contributed by atoms with E-state index in [0.717, 1.165) is 30.0 Å². The summed E-state index contributed by atoms with van der Waals surface area (Å²) in [5, 5.41) is 3.89. The Labute approximate surface area is 116 Å². The van der Waals surface area contributed by atoms with Gasteiger partial charge >= 0.3 is 0 Å². The van der Waals surface area contributed by atoms with Crippen molar-refractivity contribution in [3.8, 4) is 5.75 Å². The predicted molar refractivity (Wildman–Crippen MR) is 78.5 cm³/mol. The number of rotatable bonds is 7. The lowest BCUT2D eigenvalue weighted by Gasteiger charge is -2.23. The Balaban J connectivity index is 1.59. The Kier molecular flexibility index (Phi) is 3.79. The van der Waals surface area contributed by atoms with E-state index in [9.17, 15) is 0 Å². The van der Waals surface area contributed by atoms with Crippen LogP contribution in [-0.2, 0) is 6.42 Å². The van der Waals surface area contributed by atoms with Gasteiger partial charge in [0.15, 0.2) is 0 Å². The first kappa shape index (κ1) is 13.0. The van der Waals surface area contributed by atoms with E-state index in [-0.39, 0.29) is 0 Å². The van der Waals surface area contributed by atoms with E-state index in [4.69, 9.17) is 4.74 Å². The molecule has 2 aliphatic rings. The standard InChI is InChI=1S/C17H25NO/c1-12(11-15-5-3-4-6-16(15)19-2)18-17(13-7-8-13)14-9-10-14/h3-6,12-14,17-18H,7-11H2,1-2H3. The van der Waals surface area contributed by atoms with Gasteiger partial charge in [-0.3, -0.25) is 0 Å². The SMILES string of the molecule is COc1ccccc1CC(C)NC(C1CC1)C1CC1. The monoisotopic (exact) mass is 259 g/mol. The molecule has 104 valence electrons. The summed E-state index contributed by atoms with van der Waals surface area (Å²) < 4.78 is 5.44. The highest BCUT2D eigenvalue weighted by atomic mass is 16.5. The molecule has 1 unspecified atom stereocenters. The van der Waals surface area contributed by atoms with Gasteiger partial charge in [0.1, 0.15) is 5.75 Å². The number of hydrogen-bond acceptors (Lipinski definition) is 2. The van der Waals surface area contributed by atoms with E-state index in [1.807, 2.05) is 6.07 Å². The van der Waals surface area contributed by atoms with Crippen LogP contribution in [0, 0.1) is 11.8 Å². The summed E-state index contributed by atoms with van der Waals surface area (Å²) >= 11 is 0. The molecule has 2 heteroatoms. The van der Waals surface area contributed by atoms with E-state index >= 15 is 0 Å². The summed E-state index contributed by atoms with van der Waals surface area (Å²) in [6, 6.07) is 9.69. The number of methoxy groups -OCH3 is 1. The Morgan fingerprint density at radius 3 is 2.37 bits per heavy atom. The van der Waals surface area contributed by atoms with Crippen LogP contribution >= 0.6 is 0 Å². The summed E-state index contributed by atoms with van der Waals surface area (Å²) in [5.74, 6) is 2.95. The molecule has 1 N–H and O–H groups in total. The Bertz CT molecular complexity index is 411. The van der Waals surface area contributed by atoms with Crippen LogP contribution in [0.25, 0.3) is 0 Å². The molecule has 2 nitrogen and oxygen atoms in total. The maximum absolute atomic E-state index is 5.44. The van der Waals surface area contributed by atoms with Crippen LogP contribution in [0.4, 0.5) is 0 Å². The molecule has 2 fully saturated rings. The second kappa shape index (κ2) is 5.54. The highest BCUT2D eigenvalue weighted by Gasteiger charge is 2.41. The van der Waals surface area contributed by atoms with E-state index in [2.05, 4.69) is 30.4 Å². The molecule has 3 rings (SSSR count). The first-order valence-corrected chi connectivity index (χ1v) is 7.66. The summed E-state index contributed by atoms with van der Waals surface area (Å²) in [6.07, 6.45) is 6.82. The lowest BCUT2D eigenvalue weighted by atomic mass is 10.0. The molecule has 19 heavy (non-hydrogen) atoms. The van der Waals surface area contributed by atoms with Crippen molar-refractivity contribution in [2.45, 2.75) is 51.1 Å². The summed E-state index contributed by atoms with van der Waals surface area (Å²) in [6.45, 7) is 2.31. The maximum atomic E-state index is 5.44. The zero-order chi connectivity index (χ0) is 13.2. The van der Waals surface area contributed by atoms with Crippen LogP contribution in [0.2, 0.25) is 0 Å². The predicted octanol–water partition coefficient (Wildman–Crippen LogP) is 3.40. The normalized spacial score (nSPS) is 20.6. The van der Waals surface area contributed by atoms with Gasteiger partial charge in [0.05, 0.1) is 7.11 Å². The Morgan fingerprint density at radius 1 is 1.16 bits per heavy atom. The second-order valence-electron chi connectivity index (χ2n) is 6.28. The first-order valence-electron chi connectivity index (χ1n) is 7.66. The van der Waals surface area contributed by atoms with Gasteiger partial charge in [-0.25, -0.2) is 0 Å². The number of para-hydroxylation sites is 1. The average Bonchev–Trinajstić information content (AvgIpc) is 3.30. The van der Waals surface area contributed by atoms with Gasteiger partial charge in [0.2, 0.25) is 0 Å². The van der Waals surface area contributed by atoms with E-state index in [1.54, 1.807) is 7.11 Å². The van der Waals surface area contributed by atoms with Crippen LogP contribution < -0.4 is 10.1 Å². The number of nitrogens with one attached hydrogen (secondary N) is 1. The third kappa shape index (κ3) is 3.30. The van der Waals surface area contributed by atoms with Crippen LogP contribution in [-0.4, -0.2) is 19.2 Å². The molecule has 0 aromatic heterocycles. The molecule has 0 aliphatic heterocycles. The minimum atomic E-state index is 0.530. The van der Waals surface area contributed by atoms with E-state index in [1.165, 1.54) is 31.2 Å². The van der Waals surface area contributed by atoms with Crippen molar-refractivity contribution >= 4 is 0 Å². The smallest absolute Gasteiger partial charge is 0.122 e. The number of benzene rings is 1. The molecular formula is C17H25NO. The molecular weight excluding hydrogens is 234 g/mol. The molecule has 0 heterocycles. The third-order valence-corrected chi connectivity index (χ3v) is 4.46. The molecule has 0 spiro atoms. The van der Waals surface area contributed by atoms with Crippen LogP contribution in [0.5, 0.6) is 5.75 Å². The van der Waals surface area contributed by atoms with Crippen LogP contribution in [0.3, 0.4) is 0 Å². The minimum Gasteiger partial charge on any atom is -0.496 e. The van der Waals surface area contributed by atoms with Crippen LogP contribution in [0.1, 0.15) is 38.2 Å². The quantitative estimate of drug-likeness (QED) is 0.810. The zero-order valence-corrected chi connectivity index (χ0v) is 12.1. The van der Waals surface area contributed by atoms with E-state index < -0.39 is 0 Å². The average molecular weight is 259 g/mol. The summed E-state index contributed by atoms with van der Waals surface area (Å²) in [4.78, 5) is 0. The lowest BCUT2D eigenvalue weighted by Crippen LogP contribution is -2.40. The van der Waals surface area contributed by atoms with Crippen molar-refractivity contribution in [1.82, 2.24) is 5.32 Å². The van der Waals surface area contributed by atoms with Gasteiger partial charge in [-0.1, -0.05) is 18.2 Å². The van der Waals surface area contributed by atoms with Gasteiger partial charge in [-0.05, 0) is 62.5 Å². The topological polar surface area (TPSA) is 21.3 Å². The van der Waals surface area contributed by atoms with Gasteiger partial charge in [-0.15, -0.1) is 0 Å². The summed E-state index contributed by atoms with van der Waals surface area (Å²) in [5.41, 5.74) is 1.32. The second-order valence-corrected chi connectivity index (χ2v) is 6.28. The van der Waals surface area contributed by atoms with E-state index in [0.29, 0.717) is 6.04 Å². The third-order valence-electron chi connectivity index (χ3n) is 4.46.